The fraction of sp³-hybridized carbons (Fsp3) is 0.429. The number of nitrogens with two attached hydrogens (primary N) is 1. The van der Waals surface area contributed by atoms with Crippen molar-refractivity contribution in [1.82, 2.24) is 0 Å². The average Bonchev–Trinajstić information content (AvgIpc) is 2.62. The minimum Gasteiger partial charge on any atom is -0.489 e. The summed E-state index contributed by atoms with van der Waals surface area (Å²) >= 11 is 0. The summed E-state index contributed by atoms with van der Waals surface area (Å²) in [5.41, 5.74) is 8.48. The molecule has 0 aliphatic heterocycles. The molecule has 124 valence electrons. The largest absolute Gasteiger partial charge is 0.489 e. The van der Waals surface area contributed by atoms with Crippen LogP contribution in [0.2, 0.25) is 0 Å². The number of benzene rings is 2. The number of ether oxygens (including phenoxy) is 1. The maximum Gasteiger partial charge on any atom is 0.119 e. The number of rotatable bonds is 10. The molecule has 1 atom stereocenters. The van der Waals surface area contributed by atoms with E-state index in [1.807, 2.05) is 18.2 Å². The Labute approximate surface area is 140 Å². The summed E-state index contributed by atoms with van der Waals surface area (Å²) in [6.07, 6.45) is 6.36. The van der Waals surface area contributed by atoms with E-state index >= 15 is 0 Å². The Morgan fingerprint density at radius 3 is 2.30 bits per heavy atom. The van der Waals surface area contributed by atoms with Crippen molar-refractivity contribution in [2.24, 2.45) is 5.73 Å². The molecule has 2 aromatic carbocycles. The summed E-state index contributed by atoms with van der Waals surface area (Å²) in [6.45, 7) is 3.57. The summed E-state index contributed by atoms with van der Waals surface area (Å²) in [6, 6.07) is 18.7. The van der Waals surface area contributed by atoms with Crippen LogP contribution < -0.4 is 10.5 Å². The van der Waals surface area contributed by atoms with Gasteiger partial charge in [-0.05, 0) is 42.1 Å². The maximum atomic E-state index is 5.96. The van der Waals surface area contributed by atoms with Gasteiger partial charge in [0.2, 0.25) is 0 Å². The molecule has 0 amide bonds. The highest BCUT2D eigenvalue weighted by Gasteiger charge is 2.09. The molecule has 1 unspecified atom stereocenters. The predicted octanol–water partition coefficient (Wildman–Crippen LogP) is 5.28. The highest BCUT2D eigenvalue weighted by molar-refractivity contribution is 5.30. The van der Waals surface area contributed by atoms with Gasteiger partial charge < -0.3 is 10.5 Å². The third-order valence-electron chi connectivity index (χ3n) is 4.29. The second-order valence-corrected chi connectivity index (χ2v) is 6.13. The van der Waals surface area contributed by atoms with Crippen molar-refractivity contribution >= 4 is 0 Å². The van der Waals surface area contributed by atoms with Gasteiger partial charge in [0.1, 0.15) is 12.4 Å². The highest BCUT2D eigenvalue weighted by Crippen LogP contribution is 2.24. The minimum atomic E-state index is 0.468. The van der Waals surface area contributed by atoms with Crippen LogP contribution in [0.3, 0.4) is 0 Å². The number of hydrogen-bond acceptors (Lipinski definition) is 2. The highest BCUT2D eigenvalue weighted by atomic mass is 16.5. The zero-order valence-corrected chi connectivity index (χ0v) is 14.2. The van der Waals surface area contributed by atoms with Gasteiger partial charge in [-0.2, -0.15) is 0 Å². The maximum absolute atomic E-state index is 5.96. The Kier molecular flexibility index (Phi) is 7.68. The van der Waals surface area contributed by atoms with Gasteiger partial charge in [-0.1, -0.05) is 75.1 Å². The second kappa shape index (κ2) is 10.1. The van der Waals surface area contributed by atoms with Crippen molar-refractivity contribution in [3.63, 3.8) is 0 Å². The summed E-state index contributed by atoms with van der Waals surface area (Å²) < 4.78 is 5.84. The molecule has 2 nitrogen and oxygen atoms in total. The molecule has 2 heteroatoms. The molecular formula is C21H29NO. The molecule has 0 aromatic heterocycles. The lowest BCUT2D eigenvalue weighted by Crippen LogP contribution is -2.12. The summed E-state index contributed by atoms with van der Waals surface area (Å²) in [5, 5.41) is 0. The van der Waals surface area contributed by atoms with Crippen LogP contribution in [0.25, 0.3) is 0 Å². The lowest BCUT2D eigenvalue weighted by atomic mass is 9.93. The van der Waals surface area contributed by atoms with E-state index in [0.29, 0.717) is 12.5 Å². The van der Waals surface area contributed by atoms with E-state index in [1.54, 1.807) is 0 Å². The Balaban J connectivity index is 1.84. The van der Waals surface area contributed by atoms with Crippen molar-refractivity contribution in [2.45, 2.75) is 51.6 Å². The van der Waals surface area contributed by atoms with Gasteiger partial charge in [0.05, 0.1) is 0 Å². The Morgan fingerprint density at radius 1 is 0.913 bits per heavy atom. The molecule has 0 saturated heterocycles. The standard InChI is InChI=1S/C21H29NO/c1-2-3-4-8-11-20(16-22)19-12-14-21(15-13-19)23-17-18-9-6-5-7-10-18/h5-7,9-10,12-15,20H,2-4,8,11,16-17,22H2,1H3. The van der Waals surface area contributed by atoms with Gasteiger partial charge in [-0.3, -0.25) is 0 Å². The molecule has 2 N–H and O–H groups in total. The van der Waals surface area contributed by atoms with Crippen LogP contribution in [0, 0.1) is 0 Å². The summed E-state index contributed by atoms with van der Waals surface area (Å²) in [7, 11) is 0. The molecule has 0 aliphatic rings. The monoisotopic (exact) mass is 311 g/mol. The van der Waals surface area contributed by atoms with Crippen LogP contribution in [-0.4, -0.2) is 6.54 Å². The number of hydrogen-bond donors (Lipinski definition) is 1. The average molecular weight is 311 g/mol. The van der Waals surface area contributed by atoms with E-state index in [4.69, 9.17) is 10.5 Å². The van der Waals surface area contributed by atoms with Gasteiger partial charge in [0.15, 0.2) is 0 Å². The normalized spacial score (nSPS) is 12.1. The zero-order chi connectivity index (χ0) is 16.3. The third kappa shape index (κ3) is 6.07. The van der Waals surface area contributed by atoms with Gasteiger partial charge in [0.25, 0.3) is 0 Å². The van der Waals surface area contributed by atoms with Crippen molar-refractivity contribution in [3.8, 4) is 5.75 Å². The molecule has 23 heavy (non-hydrogen) atoms. The van der Waals surface area contributed by atoms with Gasteiger partial charge in [-0.15, -0.1) is 0 Å². The van der Waals surface area contributed by atoms with Crippen LogP contribution in [0.5, 0.6) is 5.75 Å². The first-order chi connectivity index (χ1) is 11.3. The van der Waals surface area contributed by atoms with Crippen molar-refractivity contribution in [1.29, 1.82) is 0 Å². The van der Waals surface area contributed by atoms with Gasteiger partial charge >= 0.3 is 0 Å². The lowest BCUT2D eigenvalue weighted by Gasteiger charge is -2.16. The Bertz CT molecular complexity index is 536. The van der Waals surface area contributed by atoms with Crippen molar-refractivity contribution < 1.29 is 4.74 Å². The van der Waals surface area contributed by atoms with E-state index in [9.17, 15) is 0 Å². The first-order valence-corrected chi connectivity index (χ1v) is 8.80. The second-order valence-electron chi connectivity index (χ2n) is 6.13. The minimum absolute atomic E-state index is 0.468. The van der Waals surface area contributed by atoms with E-state index < -0.39 is 0 Å². The smallest absolute Gasteiger partial charge is 0.119 e. The van der Waals surface area contributed by atoms with Gasteiger partial charge in [0, 0.05) is 0 Å². The van der Waals surface area contributed by atoms with E-state index in [1.165, 1.54) is 43.2 Å². The molecule has 2 aromatic rings. The quantitative estimate of drug-likeness (QED) is 0.606. The topological polar surface area (TPSA) is 35.2 Å². The van der Waals surface area contributed by atoms with Crippen molar-refractivity contribution in [3.05, 3.63) is 65.7 Å². The molecular weight excluding hydrogens is 282 g/mol. The van der Waals surface area contributed by atoms with Crippen LogP contribution >= 0.6 is 0 Å². The fourth-order valence-electron chi connectivity index (χ4n) is 2.82. The molecule has 0 fully saturated rings. The summed E-state index contributed by atoms with van der Waals surface area (Å²) in [4.78, 5) is 0. The van der Waals surface area contributed by atoms with E-state index in [2.05, 4.69) is 43.3 Å². The summed E-state index contributed by atoms with van der Waals surface area (Å²) in [5.74, 6) is 1.38. The molecule has 2 rings (SSSR count). The third-order valence-corrected chi connectivity index (χ3v) is 4.29. The van der Waals surface area contributed by atoms with Crippen LogP contribution in [-0.2, 0) is 6.61 Å². The van der Waals surface area contributed by atoms with Crippen LogP contribution in [0.1, 0.15) is 56.1 Å². The molecule has 0 spiro atoms. The molecule has 0 bridgehead atoms. The lowest BCUT2D eigenvalue weighted by molar-refractivity contribution is 0.306. The van der Waals surface area contributed by atoms with Crippen LogP contribution in [0.15, 0.2) is 54.6 Å². The molecule has 0 saturated carbocycles. The van der Waals surface area contributed by atoms with E-state index in [-0.39, 0.29) is 0 Å². The number of unbranched alkanes of at least 4 members (excludes halogenated alkanes) is 3. The predicted molar refractivity (Wildman–Crippen MR) is 97.8 cm³/mol. The molecule has 0 radical (unpaired) electrons. The Morgan fingerprint density at radius 2 is 1.65 bits per heavy atom. The fourth-order valence-corrected chi connectivity index (χ4v) is 2.82. The first-order valence-electron chi connectivity index (χ1n) is 8.80. The zero-order valence-electron chi connectivity index (χ0n) is 14.2. The molecule has 0 heterocycles. The van der Waals surface area contributed by atoms with Gasteiger partial charge in [-0.25, -0.2) is 0 Å². The SMILES string of the molecule is CCCCCCC(CN)c1ccc(OCc2ccccc2)cc1. The first kappa shape index (κ1) is 17.6. The van der Waals surface area contributed by atoms with Crippen LogP contribution in [0.4, 0.5) is 0 Å². The van der Waals surface area contributed by atoms with E-state index in [0.717, 1.165) is 12.3 Å². The van der Waals surface area contributed by atoms with Crippen molar-refractivity contribution in [2.75, 3.05) is 6.54 Å². The molecule has 0 aliphatic carbocycles. The Hall–Kier alpha value is -1.80.